The highest BCUT2D eigenvalue weighted by Gasteiger charge is 2.21. The van der Waals surface area contributed by atoms with E-state index in [4.69, 9.17) is 5.11 Å². The number of hydrogen-bond donors (Lipinski definition) is 2. The van der Waals surface area contributed by atoms with Gasteiger partial charge in [0.25, 0.3) is 5.91 Å². The molecule has 1 amide bonds. The van der Waals surface area contributed by atoms with E-state index in [1.54, 1.807) is 11.3 Å². The quantitative estimate of drug-likeness (QED) is 0.857. The van der Waals surface area contributed by atoms with Gasteiger partial charge in [0.15, 0.2) is 0 Å². The number of aliphatic hydroxyl groups excluding tert-OH is 1. The third kappa shape index (κ3) is 4.12. The number of rotatable bonds is 6. The van der Waals surface area contributed by atoms with Gasteiger partial charge >= 0.3 is 0 Å². The molecule has 2 aromatic rings. The van der Waals surface area contributed by atoms with E-state index >= 15 is 0 Å². The second-order valence-corrected chi connectivity index (χ2v) is 7.55. The first-order chi connectivity index (χ1) is 9.93. The fourth-order valence-corrected chi connectivity index (χ4v) is 3.60. The summed E-state index contributed by atoms with van der Waals surface area (Å²) in [5.41, 5.74) is 1.71. The summed E-state index contributed by atoms with van der Waals surface area (Å²) in [7, 11) is 0. The van der Waals surface area contributed by atoms with Crippen molar-refractivity contribution in [1.82, 2.24) is 10.3 Å². The van der Waals surface area contributed by atoms with Gasteiger partial charge < -0.3 is 10.4 Å². The summed E-state index contributed by atoms with van der Waals surface area (Å²) in [5.74, 6) is -0.0857. The highest BCUT2D eigenvalue weighted by molar-refractivity contribution is 7.17. The molecule has 0 atom stereocenters. The SMILES string of the molecule is Cc1nc(-c2ccsc2)sc1C(=O)NCC(C)(C)CCO. The van der Waals surface area contributed by atoms with Crippen molar-refractivity contribution in [2.75, 3.05) is 13.2 Å². The van der Waals surface area contributed by atoms with Crippen molar-refractivity contribution < 1.29 is 9.90 Å². The fourth-order valence-electron chi connectivity index (χ4n) is 1.91. The molecule has 0 fully saturated rings. The maximum absolute atomic E-state index is 12.3. The highest BCUT2D eigenvalue weighted by atomic mass is 32.1. The third-order valence-corrected chi connectivity index (χ3v) is 5.18. The molecule has 0 unspecified atom stereocenters. The summed E-state index contributed by atoms with van der Waals surface area (Å²) >= 11 is 3.04. The van der Waals surface area contributed by atoms with Crippen LogP contribution in [0.5, 0.6) is 0 Å². The van der Waals surface area contributed by atoms with E-state index < -0.39 is 0 Å². The van der Waals surface area contributed by atoms with E-state index in [1.165, 1.54) is 11.3 Å². The Kier molecular flexibility index (Phi) is 5.13. The minimum Gasteiger partial charge on any atom is -0.396 e. The van der Waals surface area contributed by atoms with Crippen molar-refractivity contribution in [3.8, 4) is 10.6 Å². The molecule has 114 valence electrons. The van der Waals surface area contributed by atoms with E-state index in [0.29, 0.717) is 17.8 Å². The Balaban J connectivity index is 2.06. The molecule has 0 saturated carbocycles. The van der Waals surface area contributed by atoms with E-state index in [0.717, 1.165) is 16.3 Å². The summed E-state index contributed by atoms with van der Waals surface area (Å²) in [6, 6.07) is 2.01. The summed E-state index contributed by atoms with van der Waals surface area (Å²) in [5, 5.41) is 16.9. The lowest BCUT2D eigenvalue weighted by Crippen LogP contribution is -2.34. The van der Waals surface area contributed by atoms with E-state index in [9.17, 15) is 4.79 Å². The monoisotopic (exact) mass is 324 g/mol. The van der Waals surface area contributed by atoms with Crippen molar-refractivity contribution in [2.24, 2.45) is 5.41 Å². The van der Waals surface area contributed by atoms with Crippen LogP contribution in [0.25, 0.3) is 10.6 Å². The van der Waals surface area contributed by atoms with Crippen molar-refractivity contribution in [1.29, 1.82) is 0 Å². The standard InChI is InChI=1S/C15H20N2O2S2/c1-10-12(13(19)16-9-15(2,3)5-6-18)21-14(17-10)11-4-7-20-8-11/h4,7-8,18H,5-6,9H2,1-3H3,(H,16,19). The van der Waals surface area contributed by atoms with Gasteiger partial charge in [0.2, 0.25) is 0 Å². The summed E-state index contributed by atoms with van der Waals surface area (Å²) < 4.78 is 0. The van der Waals surface area contributed by atoms with Crippen LogP contribution in [0.3, 0.4) is 0 Å². The van der Waals surface area contributed by atoms with Gasteiger partial charge in [-0.25, -0.2) is 4.98 Å². The van der Waals surface area contributed by atoms with Gasteiger partial charge in [0, 0.05) is 24.1 Å². The Morgan fingerprint density at radius 2 is 2.24 bits per heavy atom. The number of hydrogen-bond acceptors (Lipinski definition) is 5. The number of thiophene rings is 1. The molecule has 0 aliphatic heterocycles. The van der Waals surface area contributed by atoms with Gasteiger partial charge in [0.1, 0.15) is 9.88 Å². The lowest BCUT2D eigenvalue weighted by Gasteiger charge is -2.23. The molecular formula is C15H20N2O2S2. The number of aryl methyl sites for hydroxylation is 1. The van der Waals surface area contributed by atoms with Crippen LogP contribution >= 0.6 is 22.7 Å². The molecule has 4 nitrogen and oxygen atoms in total. The zero-order valence-corrected chi connectivity index (χ0v) is 14.1. The average Bonchev–Trinajstić information content (AvgIpc) is 3.05. The number of amides is 1. The van der Waals surface area contributed by atoms with Crippen molar-refractivity contribution in [2.45, 2.75) is 27.2 Å². The number of aliphatic hydroxyl groups is 1. The molecule has 21 heavy (non-hydrogen) atoms. The number of nitrogens with one attached hydrogen (secondary N) is 1. The van der Waals surface area contributed by atoms with E-state index in [2.05, 4.69) is 10.3 Å². The number of nitrogens with zero attached hydrogens (tertiary/aromatic N) is 1. The van der Waals surface area contributed by atoms with Crippen molar-refractivity contribution in [3.63, 3.8) is 0 Å². The topological polar surface area (TPSA) is 62.2 Å². The number of aromatic nitrogens is 1. The molecule has 2 rings (SSSR count). The number of thiazole rings is 1. The molecule has 0 aliphatic rings. The Hall–Kier alpha value is -1.24. The van der Waals surface area contributed by atoms with Gasteiger partial charge in [-0.15, -0.1) is 11.3 Å². The van der Waals surface area contributed by atoms with E-state index in [1.807, 2.05) is 37.6 Å². The fraction of sp³-hybridized carbons (Fsp3) is 0.467. The van der Waals surface area contributed by atoms with Gasteiger partial charge in [-0.2, -0.15) is 11.3 Å². The predicted molar refractivity (Wildman–Crippen MR) is 88.0 cm³/mol. The van der Waals surface area contributed by atoms with Crippen LogP contribution in [0, 0.1) is 12.3 Å². The van der Waals surface area contributed by atoms with Gasteiger partial charge in [-0.3, -0.25) is 4.79 Å². The van der Waals surface area contributed by atoms with Crippen LogP contribution in [0.1, 0.15) is 35.6 Å². The van der Waals surface area contributed by atoms with Gasteiger partial charge in [-0.1, -0.05) is 13.8 Å². The molecule has 2 N–H and O–H groups in total. The van der Waals surface area contributed by atoms with Crippen LogP contribution in [0.4, 0.5) is 0 Å². The third-order valence-electron chi connectivity index (χ3n) is 3.29. The predicted octanol–water partition coefficient (Wildman–Crippen LogP) is 3.32. The summed E-state index contributed by atoms with van der Waals surface area (Å²) in [6.07, 6.45) is 0.662. The average molecular weight is 324 g/mol. The molecular weight excluding hydrogens is 304 g/mol. The molecule has 6 heteroatoms. The normalized spacial score (nSPS) is 11.6. The first-order valence-electron chi connectivity index (χ1n) is 6.82. The maximum Gasteiger partial charge on any atom is 0.263 e. The van der Waals surface area contributed by atoms with Gasteiger partial charge in [0.05, 0.1) is 5.69 Å². The van der Waals surface area contributed by atoms with Crippen molar-refractivity contribution in [3.05, 3.63) is 27.4 Å². The first-order valence-corrected chi connectivity index (χ1v) is 8.58. The van der Waals surface area contributed by atoms with Crippen LogP contribution in [0.15, 0.2) is 16.8 Å². The second kappa shape index (κ2) is 6.68. The summed E-state index contributed by atoms with van der Waals surface area (Å²) in [4.78, 5) is 17.4. The smallest absolute Gasteiger partial charge is 0.263 e. The Labute approximate surface area is 132 Å². The maximum atomic E-state index is 12.3. The lowest BCUT2D eigenvalue weighted by molar-refractivity contribution is 0.0931. The molecule has 0 spiro atoms. The zero-order chi connectivity index (χ0) is 15.5. The molecule has 0 aromatic carbocycles. The Bertz CT molecular complexity index is 603. The Morgan fingerprint density at radius 3 is 2.86 bits per heavy atom. The summed E-state index contributed by atoms with van der Waals surface area (Å²) in [6.45, 7) is 6.59. The zero-order valence-electron chi connectivity index (χ0n) is 12.5. The van der Waals surface area contributed by atoms with E-state index in [-0.39, 0.29) is 17.9 Å². The van der Waals surface area contributed by atoms with Crippen molar-refractivity contribution >= 4 is 28.6 Å². The van der Waals surface area contributed by atoms with Gasteiger partial charge in [-0.05, 0) is 30.2 Å². The minimum atomic E-state index is -0.112. The first kappa shape index (κ1) is 16.1. The number of carbonyl (C=O) groups excluding carboxylic acids is 1. The van der Waals surface area contributed by atoms with Crippen LogP contribution in [0.2, 0.25) is 0 Å². The second-order valence-electron chi connectivity index (χ2n) is 5.77. The molecule has 0 aliphatic carbocycles. The van der Waals surface area contributed by atoms with Crippen LogP contribution in [-0.4, -0.2) is 29.1 Å². The minimum absolute atomic E-state index is 0.0857. The number of carbonyl (C=O) groups is 1. The highest BCUT2D eigenvalue weighted by Crippen LogP contribution is 2.29. The molecule has 2 aromatic heterocycles. The largest absolute Gasteiger partial charge is 0.396 e. The Morgan fingerprint density at radius 1 is 1.48 bits per heavy atom. The van der Waals surface area contributed by atoms with Crippen LogP contribution < -0.4 is 5.32 Å². The molecule has 0 bridgehead atoms. The molecule has 2 heterocycles. The molecule has 0 radical (unpaired) electrons. The lowest BCUT2D eigenvalue weighted by atomic mass is 9.90. The van der Waals surface area contributed by atoms with Crippen LogP contribution in [-0.2, 0) is 0 Å². The molecule has 0 saturated heterocycles.